The van der Waals surface area contributed by atoms with Gasteiger partial charge in [0.25, 0.3) is 0 Å². The lowest BCUT2D eigenvalue weighted by molar-refractivity contribution is -0.127. The molecule has 3 nitrogen and oxygen atoms in total. The largest absolute Gasteiger partial charge is 0.278 e. The lowest BCUT2D eigenvalue weighted by Gasteiger charge is -2.27. The first-order chi connectivity index (χ1) is 10.6. The number of amides is 2. The molecule has 0 saturated heterocycles. The Bertz CT molecular complexity index is 679. The first-order valence-corrected chi connectivity index (χ1v) is 7.81. The number of imide groups is 1. The van der Waals surface area contributed by atoms with Crippen LogP contribution in [-0.2, 0) is 9.59 Å². The summed E-state index contributed by atoms with van der Waals surface area (Å²) in [6, 6.07) is 5.93. The molecule has 4 atom stereocenters. The highest BCUT2D eigenvalue weighted by Gasteiger charge is 2.67. The summed E-state index contributed by atoms with van der Waals surface area (Å²) < 4.78 is 14.0. The molecule has 114 valence electrons. The molecule has 4 rings (SSSR count). The molecule has 0 aliphatic heterocycles. The Kier molecular flexibility index (Phi) is 2.80. The highest BCUT2D eigenvalue weighted by molar-refractivity contribution is 6.08. The number of carbonyl (C=O) groups is 2. The van der Waals surface area contributed by atoms with Crippen LogP contribution in [0.1, 0.15) is 19.8 Å². The third kappa shape index (κ3) is 1.61. The van der Waals surface area contributed by atoms with Crippen molar-refractivity contribution in [2.75, 3.05) is 4.90 Å². The molecule has 0 heterocycles. The van der Waals surface area contributed by atoms with Gasteiger partial charge in [0.05, 0.1) is 5.69 Å². The Morgan fingerprint density at radius 2 is 1.95 bits per heavy atom. The second kappa shape index (κ2) is 4.51. The van der Waals surface area contributed by atoms with Gasteiger partial charge in [-0.05, 0) is 48.1 Å². The maximum Gasteiger partial charge on any atom is 0.237 e. The van der Waals surface area contributed by atoms with Crippen molar-refractivity contribution in [1.82, 2.24) is 0 Å². The van der Waals surface area contributed by atoms with E-state index in [1.165, 1.54) is 12.1 Å². The molecule has 2 amide bonds. The van der Waals surface area contributed by atoms with E-state index >= 15 is 0 Å². The van der Waals surface area contributed by atoms with E-state index in [1.807, 2.05) is 0 Å². The molecule has 1 aromatic rings. The minimum atomic E-state index is -0.546. The van der Waals surface area contributed by atoms with Gasteiger partial charge in [-0.25, -0.2) is 9.29 Å². The number of anilines is 1. The second-order valence-electron chi connectivity index (χ2n) is 6.82. The van der Waals surface area contributed by atoms with Gasteiger partial charge in [-0.1, -0.05) is 31.2 Å². The van der Waals surface area contributed by atoms with Crippen molar-refractivity contribution < 1.29 is 14.0 Å². The summed E-state index contributed by atoms with van der Waals surface area (Å²) in [6.07, 6.45) is 7.14. The number of carbonyl (C=O) groups excluding carboxylic acids is 2. The number of hydrogen-bond donors (Lipinski definition) is 0. The third-order valence-corrected chi connectivity index (χ3v) is 5.94. The first-order valence-electron chi connectivity index (χ1n) is 7.81. The molecular weight excluding hydrogens is 281 g/mol. The monoisotopic (exact) mass is 299 g/mol. The van der Waals surface area contributed by atoms with E-state index < -0.39 is 5.82 Å². The second-order valence-corrected chi connectivity index (χ2v) is 6.82. The number of halogens is 1. The van der Waals surface area contributed by atoms with E-state index in [0.29, 0.717) is 12.3 Å². The Labute approximate surface area is 128 Å². The summed E-state index contributed by atoms with van der Waals surface area (Å²) in [6.45, 7) is 2.08. The zero-order valence-electron chi connectivity index (χ0n) is 12.4. The number of allylic oxidation sites excluding steroid dienone is 2. The minimum Gasteiger partial charge on any atom is -0.278 e. The zero-order valence-corrected chi connectivity index (χ0v) is 12.4. The standard InChI is InChI=1S/C18H18FNO2/c1-11-12-6-7-13(18(12)8-9-18)16(11)17(22)20(10-21)15-5-3-2-4-14(15)19/h2-7,10-13,16H,8-9H2,1H3. The number of para-hydroxylation sites is 1. The predicted molar refractivity (Wildman–Crippen MR) is 80.4 cm³/mol. The molecule has 0 radical (unpaired) electrons. The topological polar surface area (TPSA) is 37.4 Å². The highest BCUT2D eigenvalue weighted by atomic mass is 19.1. The lowest BCUT2D eigenvalue weighted by atomic mass is 9.83. The molecule has 0 N–H and O–H groups in total. The van der Waals surface area contributed by atoms with Crippen LogP contribution >= 0.6 is 0 Å². The summed E-state index contributed by atoms with van der Waals surface area (Å²) in [5.74, 6) is -0.192. The predicted octanol–water partition coefficient (Wildman–Crippen LogP) is 3.16. The number of benzene rings is 1. The van der Waals surface area contributed by atoms with Crippen molar-refractivity contribution in [2.24, 2.45) is 29.1 Å². The van der Waals surface area contributed by atoms with Crippen molar-refractivity contribution in [3.8, 4) is 0 Å². The number of hydrogen-bond acceptors (Lipinski definition) is 2. The summed E-state index contributed by atoms with van der Waals surface area (Å²) >= 11 is 0. The molecule has 2 saturated carbocycles. The Balaban J connectivity index is 1.68. The van der Waals surface area contributed by atoms with Crippen molar-refractivity contribution in [2.45, 2.75) is 19.8 Å². The summed E-state index contributed by atoms with van der Waals surface area (Å²) in [7, 11) is 0. The number of rotatable bonds is 3. The normalized spacial score (nSPS) is 33.2. The quantitative estimate of drug-likeness (QED) is 0.635. The SMILES string of the molecule is CC1C(C(=O)N(C=O)c2ccccc2F)C2C=CC1C21CC1. The molecular formula is C18H18FNO2. The summed E-state index contributed by atoms with van der Waals surface area (Å²) in [5, 5.41) is 0. The number of nitrogens with zero attached hydrogens (tertiary/aromatic N) is 1. The van der Waals surface area contributed by atoms with Crippen molar-refractivity contribution in [3.05, 3.63) is 42.2 Å². The fourth-order valence-corrected chi connectivity index (χ4v) is 4.80. The molecule has 4 unspecified atom stereocenters. The zero-order chi connectivity index (χ0) is 15.5. The van der Waals surface area contributed by atoms with E-state index in [-0.39, 0.29) is 34.8 Å². The van der Waals surface area contributed by atoms with Crippen LogP contribution in [0.3, 0.4) is 0 Å². The van der Waals surface area contributed by atoms with Gasteiger partial charge < -0.3 is 0 Å². The molecule has 22 heavy (non-hydrogen) atoms. The molecule has 0 aromatic heterocycles. The fourth-order valence-electron chi connectivity index (χ4n) is 4.80. The smallest absolute Gasteiger partial charge is 0.237 e. The molecule has 1 aromatic carbocycles. The van der Waals surface area contributed by atoms with Crippen LogP contribution in [0, 0.1) is 34.9 Å². The average molecular weight is 299 g/mol. The van der Waals surface area contributed by atoms with Crippen LogP contribution in [0.5, 0.6) is 0 Å². The summed E-state index contributed by atoms with van der Waals surface area (Å²) in [5.41, 5.74) is 0.301. The minimum absolute atomic E-state index is 0.0475. The maximum absolute atomic E-state index is 14.0. The van der Waals surface area contributed by atoms with E-state index in [2.05, 4.69) is 19.1 Å². The van der Waals surface area contributed by atoms with E-state index in [1.54, 1.807) is 12.1 Å². The highest BCUT2D eigenvalue weighted by Crippen LogP contribution is 2.72. The molecule has 1 spiro atoms. The third-order valence-electron chi connectivity index (χ3n) is 5.94. The van der Waals surface area contributed by atoms with Gasteiger partial charge in [0.15, 0.2) is 0 Å². The van der Waals surface area contributed by atoms with E-state index in [4.69, 9.17) is 0 Å². The maximum atomic E-state index is 14.0. The van der Waals surface area contributed by atoms with Crippen LogP contribution in [0.2, 0.25) is 0 Å². The Morgan fingerprint density at radius 1 is 1.27 bits per heavy atom. The Morgan fingerprint density at radius 3 is 2.55 bits per heavy atom. The van der Waals surface area contributed by atoms with Crippen LogP contribution < -0.4 is 4.90 Å². The lowest BCUT2D eigenvalue weighted by Crippen LogP contribution is -2.40. The van der Waals surface area contributed by atoms with Crippen LogP contribution in [0.4, 0.5) is 10.1 Å². The first kappa shape index (κ1) is 13.7. The average Bonchev–Trinajstić information content (AvgIpc) is 3.17. The van der Waals surface area contributed by atoms with Crippen molar-refractivity contribution >= 4 is 18.0 Å². The van der Waals surface area contributed by atoms with Crippen molar-refractivity contribution in [1.29, 1.82) is 0 Å². The summed E-state index contributed by atoms with van der Waals surface area (Å²) in [4.78, 5) is 25.4. The van der Waals surface area contributed by atoms with Gasteiger partial charge in [0, 0.05) is 5.92 Å². The molecule has 2 fully saturated rings. The molecule has 3 aliphatic rings. The van der Waals surface area contributed by atoms with Crippen LogP contribution in [-0.4, -0.2) is 12.3 Å². The molecule has 4 heteroatoms. The van der Waals surface area contributed by atoms with Crippen LogP contribution in [0.25, 0.3) is 0 Å². The van der Waals surface area contributed by atoms with Gasteiger partial charge in [0.1, 0.15) is 5.82 Å². The van der Waals surface area contributed by atoms with Gasteiger partial charge in [0.2, 0.25) is 12.3 Å². The van der Waals surface area contributed by atoms with Crippen molar-refractivity contribution in [3.63, 3.8) is 0 Å². The van der Waals surface area contributed by atoms with Gasteiger partial charge >= 0.3 is 0 Å². The van der Waals surface area contributed by atoms with Gasteiger partial charge in [-0.15, -0.1) is 0 Å². The van der Waals surface area contributed by atoms with E-state index in [0.717, 1.165) is 17.7 Å². The Hall–Kier alpha value is -1.97. The van der Waals surface area contributed by atoms with Gasteiger partial charge in [-0.3, -0.25) is 9.59 Å². The van der Waals surface area contributed by atoms with Gasteiger partial charge in [-0.2, -0.15) is 0 Å². The van der Waals surface area contributed by atoms with Crippen LogP contribution in [0.15, 0.2) is 36.4 Å². The fraction of sp³-hybridized carbons (Fsp3) is 0.444. The van der Waals surface area contributed by atoms with E-state index in [9.17, 15) is 14.0 Å². The molecule has 3 aliphatic carbocycles. The molecule has 2 bridgehead atoms.